The highest BCUT2D eigenvalue weighted by molar-refractivity contribution is 7.57. The molecule has 19 heavy (non-hydrogen) atoms. The number of hydrogen-bond donors (Lipinski definition) is 0. The Morgan fingerprint density at radius 2 is 1.00 bits per heavy atom. The van der Waals surface area contributed by atoms with Gasteiger partial charge in [0.25, 0.3) is 0 Å². The predicted octanol–water partition coefficient (Wildman–Crippen LogP) is 4.11. The maximum absolute atomic E-state index is 5.75. The summed E-state index contributed by atoms with van der Waals surface area (Å²) in [6.07, 6.45) is 0. The molecule has 0 fully saturated rings. The van der Waals surface area contributed by atoms with Crippen molar-refractivity contribution in [3.8, 4) is 11.5 Å². The molecule has 0 bridgehead atoms. The first-order valence-electron chi connectivity index (χ1n) is 5.78. The van der Waals surface area contributed by atoms with Crippen LogP contribution in [-0.2, 0) is 9.05 Å². The van der Waals surface area contributed by atoms with E-state index in [1.807, 2.05) is 60.7 Å². The lowest BCUT2D eigenvalue weighted by molar-refractivity contribution is 0.180. The molecule has 0 heterocycles. The zero-order chi connectivity index (χ0) is 13.6. The van der Waals surface area contributed by atoms with E-state index in [0.29, 0.717) is 11.5 Å². The molecule has 0 N–H and O–H groups in total. The molecule has 0 aliphatic rings. The summed E-state index contributed by atoms with van der Waals surface area (Å²) >= 11 is 0. The van der Waals surface area contributed by atoms with Gasteiger partial charge in [0.1, 0.15) is 0 Å². The summed E-state index contributed by atoms with van der Waals surface area (Å²) in [4.78, 5) is 0. The molecule has 0 atom stereocenters. The highest BCUT2D eigenvalue weighted by atomic mass is 31.2. The molecule has 0 radical (unpaired) electrons. The summed E-state index contributed by atoms with van der Waals surface area (Å²) in [5.41, 5.74) is 0. The monoisotopic (exact) mass is 279 g/mol. The molecule has 0 aliphatic carbocycles. The van der Waals surface area contributed by atoms with Gasteiger partial charge in [0, 0.05) is 0 Å². The molecule has 0 aliphatic heterocycles. The Morgan fingerprint density at radius 3 is 1.32 bits per heavy atom. The van der Waals surface area contributed by atoms with Gasteiger partial charge >= 0.3 is 8.17 Å². The number of benzene rings is 2. The van der Waals surface area contributed by atoms with Gasteiger partial charge in [0.2, 0.25) is 0 Å². The molecule has 0 spiro atoms. The molecular formula is C14H16O4P+. The Morgan fingerprint density at radius 1 is 0.632 bits per heavy atom. The van der Waals surface area contributed by atoms with E-state index in [1.54, 1.807) is 0 Å². The van der Waals surface area contributed by atoms with Crippen molar-refractivity contribution >= 4 is 8.17 Å². The van der Waals surface area contributed by atoms with Gasteiger partial charge in [0.15, 0.2) is 11.5 Å². The lowest BCUT2D eigenvalue weighted by Crippen LogP contribution is -2.12. The number of hydrogen-bond acceptors (Lipinski definition) is 4. The Bertz CT molecular complexity index is 442. The van der Waals surface area contributed by atoms with Crippen molar-refractivity contribution in [1.82, 2.24) is 0 Å². The van der Waals surface area contributed by atoms with Crippen LogP contribution in [0.3, 0.4) is 0 Å². The topological polar surface area (TPSA) is 36.9 Å². The minimum absolute atomic E-state index is 0.635. The van der Waals surface area contributed by atoms with Crippen LogP contribution in [0, 0.1) is 0 Å². The maximum Gasteiger partial charge on any atom is 0.668 e. The average Bonchev–Trinajstić information content (AvgIpc) is 2.48. The molecular weight excluding hydrogens is 263 g/mol. The van der Waals surface area contributed by atoms with Gasteiger partial charge < -0.3 is 0 Å². The molecule has 100 valence electrons. The molecule has 0 saturated carbocycles. The van der Waals surface area contributed by atoms with E-state index in [-0.39, 0.29) is 0 Å². The van der Waals surface area contributed by atoms with Crippen LogP contribution in [0.2, 0.25) is 0 Å². The van der Waals surface area contributed by atoms with Crippen molar-refractivity contribution in [2.45, 2.75) is 0 Å². The zero-order valence-electron chi connectivity index (χ0n) is 10.9. The smallest absolute Gasteiger partial charge is 0.254 e. The first-order chi connectivity index (χ1) is 9.28. The van der Waals surface area contributed by atoms with Crippen molar-refractivity contribution in [3.05, 3.63) is 60.7 Å². The van der Waals surface area contributed by atoms with Crippen LogP contribution in [0.1, 0.15) is 0 Å². The summed E-state index contributed by atoms with van der Waals surface area (Å²) in [5, 5.41) is 0. The first kappa shape index (κ1) is 13.8. The Labute approximate surface area is 113 Å². The van der Waals surface area contributed by atoms with Crippen molar-refractivity contribution < 1.29 is 18.1 Å². The fourth-order valence-corrected chi connectivity index (χ4v) is 2.71. The van der Waals surface area contributed by atoms with E-state index in [2.05, 4.69) is 0 Å². The molecule has 0 amide bonds. The van der Waals surface area contributed by atoms with Gasteiger partial charge in [-0.3, -0.25) is 9.05 Å². The van der Waals surface area contributed by atoms with Crippen LogP contribution < -0.4 is 9.05 Å². The van der Waals surface area contributed by atoms with E-state index >= 15 is 0 Å². The fourth-order valence-electron chi connectivity index (χ4n) is 1.46. The lowest BCUT2D eigenvalue weighted by atomic mass is 10.3. The zero-order valence-corrected chi connectivity index (χ0v) is 11.7. The van der Waals surface area contributed by atoms with Crippen LogP contribution in [0.4, 0.5) is 0 Å². The minimum Gasteiger partial charge on any atom is -0.254 e. The van der Waals surface area contributed by atoms with Crippen LogP contribution in [-0.4, -0.2) is 14.2 Å². The molecule has 2 rings (SSSR count). The third kappa shape index (κ3) is 3.67. The molecule has 2 aromatic carbocycles. The number of para-hydroxylation sites is 2. The van der Waals surface area contributed by atoms with E-state index in [0.717, 1.165) is 0 Å². The highest BCUT2D eigenvalue weighted by Crippen LogP contribution is 2.60. The van der Waals surface area contributed by atoms with Gasteiger partial charge in [0.05, 0.1) is 14.2 Å². The predicted molar refractivity (Wildman–Crippen MR) is 75.1 cm³/mol. The van der Waals surface area contributed by atoms with Crippen LogP contribution in [0.5, 0.6) is 11.5 Å². The average molecular weight is 279 g/mol. The summed E-state index contributed by atoms with van der Waals surface area (Å²) in [7, 11) is 0.105. The van der Waals surface area contributed by atoms with Gasteiger partial charge in [-0.1, -0.05) is 36.4 Å². The van der Waals surface area contributed by atoms with Crippen LogP contribution in [0.15, 0.2) is 60.7 Å². The van der Waals surface area contributed by atoms with E-state index < -0.39 is 8.17 Å². The Hall–Kier alpha value is -1.61. The van der Waals surface area contributed by atoms with Crippen LogP contribution in [0.25, 0.3) is 0 Å². The van der Waals surface area contributed by atoms with Gasteiger partial charge in [-0.2, -0.15) is 0 Å². The third-order valence-electron chi connectivity index (χ3n) is 2.37. The van der Waals surface area contributed by atoms with E-state index in [4.69, 9.17) is 18.1 Å². The van der Waals surface area contributed by atoms with Crippen LogP contribution >= 0.6 is 8.17 Å². The number of rotatable bonds is 6. The van der Waals surface area contributed by atoms with Crippen molar-refractivity contribution in [1.29, 1.82) is 0 Å². The second-order valence-corrected chi connectivity index (χ2v) is 5.61. The molecule has 4 nitrogen and oxygen atoms in total. The Kier molecular flexibility index (Phi) is 4.74. The van der Waals surface area contributed by atoms with E-state index in [9.17, 15) is 0 Å². The van der Waals surface area contributed by atoms with Gasteiger partial charge in [-0.25, -0.2) is 0 Å². The fraction of sp³-hybridized carbons (Fsp3) is 0.143. The summed E-state index contributed by atoms with van der Waals surface area (Å²) in [6.45, 7) is 0. The largest absolute Gasteiger partial charge is 0.668 e. The lowest BCUT2D eigenvalue weighted by Gasteiger charge is -2.16. The van der Waals surface area contributed by atoms with Gasteiger partial charge in [-0.15, -0.1) is 9.05 Å². The third-order valence-corrected chi connectivity index (χ3v) is 4.13. The summed E-state index contributed by atoms with van der Waals surface area (Å²) < 4.78 is 22.2. The van der Waals surface area contributed by atoms with E-state index in [1.165, 1.54) is 14.2 Å². The molecule has 0 unspecified atom stereocenters. The Balaban J connectivity index is 2.18. The molecule has 5 heteroatoms. The molecule has 0 saturated heterocycles. The maximum atomic E-state index is 5.75. The molecule has 0 aromatic heterocycles. The second-order valence-electron chi connectivity index (χ2n) is 3.62. The SMILES string of the molecule is CO[P+](OC)(Oc1ccccc1)Oc1ccccc1. The summed E-state index contributed by atoms with van der Waals surface area (Å²) in [6, 6.07) is 18.6. The summed E-state index contributed by atoms with van der Waals surface area (Å²) in [5.74, 6) is 1.27. The van der Waals surface area contributed by atoms with Crippen molar-refractivity contribution in [2.75, 3.05) is 14.2 Å². The van der Waals surface area contributed by atoms with Crippen molar-refractivity contribution in [2.24, 2.45) is 0 Å². The molecule has 2 aromatic rings. The first-order valence-corrected chi connectivity index (χ1v) is 7.24. The standard InChI is InChI=1S/C14H16O4P/c1-15-19(16-2,17-13-9-5-3-6-10-13)18-14-11-7-4-8-12-14/h3-12H,1-2H3/q+1. The van der Waals surface area contributed by atoms with Crippen molar-refractivity contribution in [3.63, 3.8) is 0 Å². The van der Waals surface area contributed by atoms with Gasteiger partial charge in [-0.05, 0) is 24.3 Å². The minimum atomic E-state index is -2.90. The quantitative estimate of drug-likeness (QED) is 0.745. The normalized spacial score (nSPS) is 11.1. The highest BCUT2D eigenvalue weighted by Gasteiger charge is 2.50. The second kappa shape index (κ2) is 6.53.